The van der Waals surface area contributed by atoms with E-state index in [1.165, 1.54) is 25.7 Å². The van der Waals surface area contributed by atoms with Gasteiger partial charge in [0.1, 0.15) is 0 Å². The van der Waals surface area contributed by atoms with E-state index < -0.39 is 0 Å². The molecular formula is C9H17O. The van der Waals surface area contributed by atoms with E-state index in [0.717, 1.165) is 5.92 Å². The predicted octanol–water partition coefficient (Wildman–Crippen LogP) is 2.42. The van der Waals surface area contributed by atoms with Crippen molar-refractivity contribution >= 4 is 0 Å². The third-order valence-corrected chi connectivity index (χ3v) is 2.33. The molecule has 2 unspecified atom stereocenters. The predicted molar refractivity (Wildman–Crippen MR) is 42.7 cm³/mol. The maximum atomic E-state index is 5.27. The highest BCUT2D eigenvalue weighted by Gasteiger charge is 2.23. The van der Waals surface area contributed by atoms with Crippen LogP contribution in [0.4, 0.5) is 0 Å². The van der Waals surface area contributed by atoms with Crippen molar-refractivity contribution in [1.82, 2.24) is 0 Å². The van der Waals surface area contributed by atoms with Crippen molar-refractivity contribution in [3.05, 3.63) is 6.42 Å². The highest BCUT2D eigenvalue weighted by molar-refractivity contribution is 4.84. The Hall–Kier alpha value is -0.0400. The third-order valence-electron chi connectivity index (χ3n) is 2.33. The number of hydrogen-bond acceptors (Lipinski definition) is 1. The first-order chi connectivity index (χ1) is 4.86. The lowest BCUT2D eigenvalue weighted by Crippen LogP contribution is -2.04. The Morgan fingerprint density at radius 1 is 1.50 bits per heavy atom. The van der Waals surface area contributed by atoms with Gasteiger partial charge in [-0.15, -0.1) is 0 Å². The standard InChI is InChI=1S/C9H17O/c1-3-4-8-5-6-9(7-8)10-2/h4,8-9H,3,5-7H2,1-2H3. The number of methoxy groups -OCH3 is 1. The van der Waals surface area contributed by atoms with E-state index in [4.69, 9.17) is 4.74 Å². The molecule has 59 valence electrons. The van der Waals surface area contributed by atoms with Gasteiger partial charge < -0.3 is 4.74 Å². The van der Waals surface area contributed by atoms with Gasteiger partial charge in [-0.1, -0.05) is 13.3 Å². The average Bonchev–Trinajstić information content (AvgIpc) is 2.37. The maximum absolute atomic E-state index is 5.27. The van der Waals surface area contributed by atoms with E-state index >= 15 is 0 Å². The van der Waals surface area contributed by atoms with E-state index in [-0.39, 0.29) is 0 Å². The zero-order valence-corrected chi connectivity index (χ0v) is 6.97. The second-order valence-electron chi connectivity index (χ2n) is 3.07. The molecule has 0 amide bonds. The second kappa shape index (κ2) is 3.97. The molecule has 1 saturated carbocycles. The van der Waals surface area contributed by atoms with Gasteiger partial charge in [0.15, 0.2) is 0 Å². The molecule has 1 fully saturated rings. The van der Waals surface area contributed by atoms with Gasteiger partial charge in [-0.3, -0.25) is 0 Å². The summed E-state index contributed by atoms with van der Waals surface area (Å²) in [7, 11) is 1.82. The van der Waals surface area contributed by atoms with Crippen LogP contribution in [0.25, 0.3) is 0 Å². The Bertz CT molecular complexity index is 90.7. The first kappa shape index (κ1) is 8.06. The van der Waals surface area contributed by atoms with Crippen molar-refractivity contribution in [3.63, 3.8) is 0 Å². The minimum Gasteiger partial charge on any atom is -0.381 e. The quantitative estimate of drug-likeness (QED) is 0.586. The molecule has 10 heavy (non-hydrogen) atoms. The third kappa shape index (κ3) is 1.98. The van der Waals surface area contributed by atoms with Crippen LogP contribution in [0.1, 0.15) is 32.6 Å². The normalized spacial score (nSPS) is 33.0. The molecule has 1 heteroatoms. The van der Waals surface area contributed by atoms with Crippen molar-refractivity contribution in [3.8, 4) is 0 Å². The molecule has 1 radical (unpaired) electrons. The van der Waals surface area contributed by atoms with E-state index in [0.29, 0.717) is 6.10 Å². The number of hydrogen-bond donors (Lipinski definition) is 0. The van der Waals surface area contributed by atoms with Gasteiger partial charge in [0.2, 0.25) is 0 Å². The SMILES string of the molecule is CC[CH]C1CCC(OC)C1. The topological polar surface area (TPSA) is 9.23 Å². The van der Waals surface area contributed by atoms with Crippen LogP contribution in [0.3, 0.4) is 0 Å². The lowest BCUT2D eigenvalue weighted by Gasteiger charge is -2.07. The van der Waals surface area contributed by atoms with E-state index in [1.54, 1.807) is 0 Å². The van der Waals surface area contributed by atoms with Crippen LogP contribution >= 0.6 is 0 Å². The largest absolute Gasteiger partial charge is 0.381 e. The van der Waals surface area contributed by atoms with Crippen LogP contribution in [-0.2, 0) is 4.74 Å². The number of rotatable bonds is 3. The van der Waals surface area contributed by atoms with Gasteiger partial charge >= 0.3 is 0 Å². The number of ether oxygens (including phenoxy) is 1. The van der Waals surface area contributed by atoms with Crippen molar-refractivity contribution in [2.75, 3.05) is 7.11 Å². The highest BCUT2D eigenvalue weighted by atomic mass is 16.5. The minimum atomic E-state index is 0.549. The minimum absolute atomic E-state index is 0.549. The Labute approximate surface area is 63.8 Å². The Balaban J connectivity index is 2.15. The summed E-state index contributed by atoms with van der Waals surface area (Å²) in [5, 5.41) is 0. The monoisotopic (exact) mass is 141 g/mol. The maximum Gasteiger partial charge on any atom is 0.0574 e. The molecule has 1 nitrogen and oxygen atoms in total. The molecule has 1 aliphatic carbocycles. The molecule has 0 bridgehead atoms. The van der Waals surface area contributed by atoms with Gasteiger partial charge in [-0.2, -0.15) is 0 Å². The lowest BCUT2D eigenvalue weighted by atomic mass is 10.0. The van der Waals surface area contributed by atoms with Crippen molar-refractivity contribution in [2.45, 2.75) is 38.7 Å². The zero-order valence-electron chi connectivity index (χ0n) is 6.97. The first-order valence-corrected chi connectivity index (χ1v) is 4.23. The summed E-state index contributed by atoms with van der Waals surface area (Å²) in [6.07, 6.45) is 8.03. The van der Waals surface area contributed by atoms with Gasteiger partial charge in [-0.25, -0.2) is 0 Å². The van der Waals surface area contributed by atoms with Crippen molar-refractivity contribution in [1.29, 1.82) is 0 Å². The molecule has 0 heterocycles. The molecule has 0 aliphatic heterocycles. The molecule has 0 spiro atoms. The van der Waals surface area contributed by atoms with Crippen LogP contribution in [-0.4, -0.2) is 13.2 Å². The molecule has 1 aliphatic rings. The second-order valence-corrected chi connectivity index (χ2v) is 3.07. The van der Waals surface area contributed by atoms with Crippen molar-refractivity contribution in [2.24, 2.45) is 5.92 Å². The molecule has 0 aromatic rings. The smallest absolute Gasteiger partial charge is 0.0574 e. The first-order valence-electron chi connectivity index (χ1n) is 4.23. The Morgan fingerprint density at radius 2 is 2.30 bits per heavy atom. The van der Waals surface area contributed by atoms with Crippen LogP contribution < -0.4 is 0 Å². The summed E-state index contributed by atoms with van der Waals surface area (Å²) in [5.74, 6) is 0.843. The van der Waals surface area contributed by atoms with Gasteiger partial charge in [0, 0.05) is 7.11 Å². The molecule has 0 aromatic heterocycles. The summed E-state index contributed by atoms with van der Waals surface area (Å²) >= 11 is 0. The van der Waals surface area contributed by atoms with E-state index in [2.05, 4.69) is 13.3 Å². The summed E-state index contributed by atoms with van der Waals surface area (Å²) in [4.78, 5) is 0. The molecule has 0 aromatic carbocycles. The summed E-state index contributed by atoms with van der Waals surface area (Å²) in [5.41, 5.74) is 0. The van der Waals surface area contributed by atoms with Crippen LogP contribution in [0.2, 0.25) is 0 Å². The fourth-order valence-corrected chi connectivity index (χ4v) is 1.73. The van der Waals surface area contributed by atoms with E-state index in [9.17, 15) is 0 Å². The molecule has 1 rings (SSSR count). The lowest BCUT2D eigenvalue weighted by molar-refractivity contribution is 0.106. The molecule has 0 N–H and O–H groups in total. The summed E-state index contributed by atoms with van der Waals surface area (Å²) in [6.45, 7) is 2.21. The molecule has 0 saturated heterocycles. The van der Waals surface area contributed by atoms with Gasteiger partial charge in [0.05, 0.1) is 6.10 Å². The fraction of sp³-hybridized carbons (Fsp3) is 0.889. The van der Waals surface area contributed by atoms with Crippen LogP contribution in [0, 0.1) is 12.3 Å². The highest BCUT2D eigenvalue weighted by Crippen LogP contribution is 2.29. The molecular weight excluding hydrogens is 124 g/mol. The zero-order chi connectivity index (χ0) is 7.40. The van der Waals surface area contributed by atoms with Crippen LogP contribution in [0.5, 0.6) is 0 Å². The Kier molecular flexibility index (Phi) is 3.20. The Morgan fingerprint density at radius 3 is 2.80 bits per heavy atom. The fourth-order valence-electron chi connectivity index (χ4n) is 1.73. The average molecular weight is 141 g/mol. The summed E-state index contributed by atoms with van der Waals surface area (Å²) in [6, 6.07) is 0. The van der Waals surface area contributed by atoms with Crippen LogP contribution in [0.15, 0.2) is 0 Å². The molecule has 2 atom stereocenters. The summed E-state index contributed by atoms with van der Waals surface area (Å²) < 4.78 is 5.27. The van der Waals surface area contributed by atoms with E-state index in [1.807, 2.05) is 7.11 Å². The van der Waals surface area contributed by atoms with Gasteiger partial charge in [-0.05, 0) is 31.6 Å². The van der Waals surface area contributed by atoms with Gasteiger partial charge in [0.25, 0.3) is 0 Å². The van der Waals surface area contributed by atoms with Crippen molar-refractivity contribution < 1.29 is 4.74 Å².